The van der Waals surface area contributed by atoms with Crippen LogP contribution in [-0.2, 0) is 0 Å². The maximum atomic E-state index is 5.89. The largest absolute Gasteiger partial charge is 0.383 e. The summed E-state index contributed by atoms with van der Waals surface area (Å²) in [6.07, 6.45) is 5.11. The van der Waals surface area contributed by atoms with Gasteiger partial charge in [0.15, 0.2) is 0 Å². The summed E-state index contributed by atoms with van der Waals surface area (Å²) in [6.45, 7) is 6.08. The van der Waals surface area contributed by atoms with E-state index in [0.29, 0.717) is 5.82 Å². The Kier molecular flexibility index (Phi) is 2.60. The molecule has 0 bridgehead atoms. The van der Waals surface area contributed by atoms with Crippen LogP contribution in [0.1, 0.15) is 31.2 Å². The fourth-order valence-electron chi connectivity index (χ4n) is 1.75. The molecule has 0 spiro atoms. The number of aromatic nitrogens is 4. The highest BCUT2D eigenvalue weighted by molar-refractivity contribution is 5.50. The molecule has 0 aromatic carbocycles. The van der Waals surface area contributed by atoms with E-state index in [2.05, 4.69) is 28.8 Å². The van der Waals surface area contributed by atoms with Crippen molar-refractivity contribution in [1.82, 2.24) is 19.5 Å². The van der Waals surface area contributed by atoms with Crippen LogP contribution in [-0.4, -0.2) is 19.5 Å². The van der Waals surface area contributed by atoms with Crippen LogP contribution < -0.4 is 5.73 Å². The number of rotatable bonds is 2. The van der Waals surface area contributed by atoms with Gasteiger partial charge in [0, 0.05) is 18.0 Å². The Hall–Kier alpha value is -1.91. The fraction of sp³-hybridized carbons (Fsp3) is 0.364. The maximum Gasteiger partial charge on any atom is 0.147 e. The van der Waals surface area contributed by atoms with Gasteiger partial charge in [-0.05, 0) is 12.8 Å². The average Bonchev–Trinajstić information content (AvgIpc) is 2.63. The van der Waals surface area contributed by atoms with Gasteiger partial charge in [-0.25, -0.2) is 15.0 Å². The molecule has 0 aliphatic heterocycles. The van der Waals surface area contributed by atoms with Gasteiger partial charge in [0.1, 0.15) is 23.8 Å². The third-order valence-corrected chi connectivity index (χ3v) is 2.52. The van der Waals surface area contributed by atoms with Gasteiger partial charge in [0.25, 0.3) is 0 Å². The SMILES string of the molecule is Cc1nccn1-c1ncnc(N)c1C(C)C. The number of aryl methyl sites for hydroxylation is 1. The smallest absolute Gasteiger partial charge is 0.147 e. The van der Waals surface area contributed by atoms with Gasteiger partial charge < -0.3 is 5.73 Å². The fourth-order valence-corrected chi connectivity index (χ4v) is 1.75. The van der Waals surface area contributed by atoms with E-state index in [0.717, 1.165) is 17.2 Å². The highest BCUT2D eigenvalue weighted by Crippen LogP contribution is 2.25. The molecule has 2 heterocycles. The standard InChI is InChI=1S/C11H15N5/c1-7(2)9-10(12)14-6-15-11(9)16-5-4-13-8(16)3/h4-7H,1-3H3,(H2,12,14,15). The number of imidazole rings is 1. The van der Waals surface area contributed by atoms with Crippen LogP contribution in [0.15, 0.2) is 18.7 Å². The van der Waals surface area contributed by atoms with Crippen LogP contribution in [0.25, 0.3) is 5.82 Å². The Balaban J connectivity index is 2.66. The lowest BCUT2D eigenvalue weighted by atomic mass is 10.0. The van der Waals surface area contributed by atoms with Gasteiger partial charge in [-0.15, -0.1) is 0 Å². The minimum Gasteiger partial charge on any atom is -0.383 e. The first-order valence-electron chi connectivity index (χ1n) is 5.22. The minimum absolute atomic E-state index is 0.276. The molecule has 0 unspecified atom stereocenters. The molecule has 0 saturated carbocycles. The topological polar surface area (TPSA) is 69.6 Å². The average molecular weight is 217 g/mol. The Labute approximate surface area is 94.4 Å². The van der Waals surface area contributed by atoms with E-state index in [4.69, 9.17) is 5.73 Å². The zero-order valence-electron chi connectivity index (χ0n) is 9.68. The van der Waals surface area contributed by atoms with E-state index in [1.165, 1.54) is 6.33 Å². The summed E-state index contributed by atoms with van der Waals surface area (Å²) in [5.74, 6) is 2.52. The lowest BCUT2D eigenvalue weighted by Crippen LogP contribution is -2.09. The predicted octanol–water partition coefficient (Wildman–Crippen LogP) is 1.68. The van der Waals surface area contributed by atoms with E-state index >= 15 is 0 Å². The Morgan fingerprint density at radius 2 is 2.00 bits per heavy atom. The van der Waals surface area contributed by atoms with Crippen molar-refractivity contribution < 1.29 is 0 Å². The molecule has 2 rings (SSSR count). The number of hydrogen-bond acceptors (Lipinski definition) is 4. The number of anilines is 1. The van der Waals surface area contributed by atoms with Crippen LogP contribution in [0.3, 0.4) is 0 Å². The van der Waals surface area contributed by atoms with Gasteiger partial charge in [0.2, 0.25) is 0 Å². The van der Waals surface area contributed by atoms with E-state index < -0.39 is 0 Å². The summed E-state index contributed by atoms with van der Waals surface area (Å²) in [6, 6.07) is 0. The van der Waals surface area contributed by atoms with Gasteiger partial charge in [-0.1, -0.05) is 13.8 Å². The molecule has 2 aromatic rings. The van der Waals surface area contributed by atoms with Crippen molar-refractivity contribution in [3.05, 3.63) is 30.1 Å². The maximum absolute atomic E-state index is 5.89. The van der Waals surface area contributed by atoms with E-state index in [1.807, 2.05) is 17.7 Å². The van der Waals surface area contributed by atoms with Crippen LogP contribution in [0.4, 0.5) is 5.82 Å². The van der Waals surface area contributed by atoms with Gasteiger partial charge in [0.05, 0.1) is 0 Å². The monoisotopic (exact) mass is 217 g/mol. The van der Waals surface area contributed by atoms with E-state index in [-0.39, 0.29) is 5.92 Å². The second kappa shape index (κ2) is 3.92. The first-order valence-corrected chi connectivity index (χ1v) is 5.22. The molecule has 0 radical (unpaired) electrons. The van der Waals surface area contributed by atoms with Gasteiger partial charge in [-0.2, -0.15) is 0 Å². The molecule has 0 aliphatic rings. The molecule has 0 atom stereocenters. The zero-order valence-corrected chi connectivity index (χ0v) is 9.68. The molecule has 0 fully saturated rings. The quantitative estimate of drug-likeness (QED) is 0.830. The minimum atomic E-state index is 0.276. The van der Waals surface area contributed by atoms with E-state index in [1.54, 1.807) is 6.20 Å². The normalized spacial score (nSPS) is 11.0. The second-order valence-corrected chi connectivity index (χ2v) is 4.00. The molecule has 0 aliphatic carbocycles. The third kappa shape index (κ3) is 1.64. The highest BCUT2D eigenvalue weighted by Gasteiger charge is 2.15. The van der Waals surface area contributed by atoms with Crippen molar-refractivity contribution in [2.24, 2.45) is 0 Å². The summed E-state index contributed by atoms with van der Waals surface area (Å²) in [4.78, 5) is 12.5. The summed E-state index contributed by atoms with van der Waals surface area (Å²) in [5.41, 5.74) is 6.86. The van der Waals surface area contributed by atoms with Crippen LogP contribution in [0.2, 0.25) is 0 Å². The van der Waals surface area contributed by atoms with Crippen molar-refractivity contribution in [2.45, 2.75) is 26.7 Å². The number of nitrogens with zero attached hydrogens (tertiary/aromatic N) is 4. The molecule has 5 heteroatoms. The number of nitrogen functional groups attached to an aromatic ring is 1. The van der Waals surface area contributed by atoms with E-state index in [9.17, 15) is 0 Å². The van der Waals surface area contributed by atoms with Crippen molar-refractivity contribution in [3.63, 3.8) is 0 Å². The summed E-state index contributed by atoms with van der Waals surface area (Å²) in [5, 5.41) is 0. The number of hydrogen-bond donors (Lipinski definition) is 1. The lowest BCUT2D eigenvalue weighted by Gasteiger charge is -2.14. The molecule has 0 amide bonds. The lowest BCUT2D eigenvalue weighted by molar-refractivity contribution is 0.809. The molecule has 2 aromatic heterocycles. The second-order valence-electron chi connectivity index (χ2n) is 4.00. The third-order valence-electron chi connectivity index (χ3n) is 2.52. The van der Waals surface area contributed by atoms with Crippen LogP contribution in [0.5, 0.6) is 0 Å². The first-order chi connectivity index (χ1) is 7.61. The first kappa shape index (κ1) is 10.6. The molecule has 84 valence electrons. The van der Waals surface area contributed by atoms with Gasteiger partial charge in [-0.3, -0.25) is 4.57 Å². The van der Waals surface area contributed by atoms with Crippen LogP contribution >= 0.6 is 0 Å². The van der Waals surface area contributed by atoms with Crippen LogP contribution in [0, 0.1) is 6.92 Å². The van der Waals surface area contributed by atoms with Crippen molar-refractivity contribution in [2.75, 3.05) is 5.73 Å². The summed E-state index contributed by atoms with van der Waals surface area (Å²) < 4.78 is 1.92. The molecule has 5 nitrogen and oxygen atoms in total. The molecule has 16 heavy (non-hydrogen) atoms. The zero-order chi connectivity index (χ0) is 11.7. The predicted molar refractivity (Wildman–Crippen MR) is 62.4 cm³/mol. The van der Waals surface area contributed by atoms with Crippen molar-refractivity contribution in [1.29, 1.82) is 0 Å². The molecule has 2 N–H and O–H groups in total. The van der Waals surface area contributed by atoms with Crippen molar-refractivity contribution in [3.8, 4) is 5.82 Å². The molecular formula is C11H15N5. The van der Waals surface area contributed by atoms with Crippen molar-refractivity contribution >= 4 is 5.82 Å². The highest BCUT2D eigenvalue weighted by atomic mass is 15.1. The molecule has 0 saturated heterocycles. The Bertz CT molecular complexity index is 501. The summed E-state index contributed by atoms with van der Waals surface area (Å²) >= 11 is 0. The Morgan fingerprint density at radius 3 is 2.56 bits per heavy atom. The number of nitrogens with two attached hydrogens (primary N) is 1. The molecular weight excluding hydrogens is 202 g/mol. The summed E-state index contributed by atoms with van der Waals surface area (Å²) in [7, 11) is 0. The van der Waals surface area contributed by atoms with Gasteiger partial charge >= 0.3 is 0 Å². The Morgan fingerprint density at radius 1 is 1.25 bits per heavy atom.